The number of amides is 1. The average Bonchev–Trinajstić information content (AvgIpc) is 3.14. The number of nitrogens with zero attached hydrogens (tertiary/aromatic N) is 4. The topological polar surface area (TPSA) is 87.5 Å². The van der Waals surface area contributed by atoms with Gasteiger partial charge >= 0.3 is 10.2 Å². The Kier molecular flexibility index (Phi) is 4.89. The number of hydrogen-bond donors (Lipinski definition) is 1. The number of rotatable bonds is 2. The molecule has 0 spiro atoms. The second-order valence-corrected chi connectivity index (χ2v) is 9.84. The van der Waals surface area contributed by atoms with Crippen LogP contribution in [0.5, 0.6) is 0 Å². The number of nitrogens with one attached hydrogen (secondary N) is 1. The van der Waals surface area contributed by atoms with Crippen molar-refractivity contribution < 1.29 is 13.2 Å². The van der Waals surface area contributed by atoms with Crippen LogP contribution >= 0.6 is 23.2 Å². The molecule has 154 valence electrons. The molecule has 3 heterocycles. The Labute approximate surface area is 178 Å². The summed E-state index contributed by atoms with van der Waals surface area (Å²) in [6.07, 6.45) is 0. The summed E-state index contributed by atoms with van der Waals surface area (Å²) < 4.78 is 28.9. The van der Waals surface area contributed by atoms with Crippen molar-refractivity contribution in [3.8, 4) is 0 Å². The first-order valence-electron chi connectivity index (χ1n) is 8.88. The fraction of sp³-hybridized carbons (Fsp3) is 0.333. The molecule has 2 aliphatic heterocycles. The van der Waals surface area contributed by atoms with Gasteiger partial charge in [0.1, 0.15) is 11.9 Å². The molecule has 1 unspecified atom stereocenters. The summed E-state index contributed by atoms with van der Waals surface area (Å²) in [6, 6.07) is 6.29. The summed E-state index contributed by atoms with van der Waals surface area (Å²) in [5.74, 6) is 0.114. The van der Waals surface area contributed by atoms with Crippen LogP contribution in [0.1, 0.15) is 24.2 Å². The lowest BCUT2D eigenvalue weighted by Gasteiger charge is -2.31. The fourth-order valence-electron chi connectivity index (χ4n) is 3.63. The number of benzene rings is 1. The van der Waals surface area contributed by atoms with Crippen molar-refractivity contribution in [1.29, 1.82) is 0 Å². The zero-order valence-corrected chi connectivity index (χ0v) is 18.3. The van der Waals surface area contributed by atoms with Crippen LogP contribution in [0.15, 0.2) is 35.5 Å². The molecule has 2 aromatic rings. The summed E-state index contributed by atoms with van der Waals surface area (Å²) in [7, 11) is -2.40. The van der Waals surface area contributed by atoms with Gasteiger partial charge in [0.15, 0.2) is 0 Å². The van der Waals surface area contributed by atoms with Gasteiger partial charge in [0.05, 0.1) is 27.9 Å². The van der Waals surface area contributed by atoms with Gasteiger partial charge < -0.3 is 5.32 Å². The fourth-order valence-corrected chi connectivity index (χ4v) is 5.21. The maximum atomic E-state index is 13.4. The van der Waals surface area contributed by atoms with Crippen LogP contribution in [0, 0.1) is 6.92 Å². The number of carbonyl (C=O) groups is 1. The number of hydrogen-bond acceptors (Lipinski definition) is 5. The van der Waals surface area contributed by atoms with E-state index in [1.54, 1.807) is 29.8 Å². The Bertz CT molecular complexity index is 1160. The van der Waals surface area contributed by atoms with E-state index in [2.05, 4.69) is 10.4 Å². The number of aromatic nitrogens is 2. The lowest BCUT2D eigenvalue weighted by Crippen LogP contribution is -2.40. The van der Waals surface area contributed by atoms with Crippen LogP contribution in [0.3, 0.4) is 0 Å². The second kappa shape index (κ2) is 7.02. The van der Waals surface area contributed by atoms with E-state index in [1.807, 2.05) is 13.0 Å². The molecule has 2 aliphatic rings. The minimum absolute atomic E-state index is 0.0908. The van der Waals surface area contributed by atoms with E-state index >= 15 is 0 Å². The van der Waals surface area contributed by atoms with Gasteiger partial charge in [-0.3, -0.25) is 4.79 Å². The monoisotopic (exact) mass is 455 g/mol. The smallest absolute Gasteiger partial charge is 0.306 e. The van der Waals surface area contributed by atoms with Crippen molar-refractivity contribution in [1.82, 2.24) is 18.4 Å². The van der Waals surface area contributed by atoms with E-state index in [0.29, 0.717) is 27.1 Å². The number of fused-ring (bicyclic) bond motifs is 1. The standard InChI is InChI=1S/C18H19Cl2N5O3S/c1-10-8-15-21-11(2)16(18(26)24-7-6-23(3)29(24,27)28)17(25(15)22-10)12-4-5-13(19)14(20)9-12/h4-5,8-9,17,21H,6-7H2,1-3H3. The van der Waals surface area contributed by atoms with Gasteiger partial charge in [-0.15, -0.1) is 0 Å². The molecule has 1 aromatic carbocycles. The summed E-state index contributed by atoms with van der Waals surface area (Å²) in [6.45, 7) is 3.93. The first kappa shape index (κ1) is 20.2. The third-order valence-corrected chi connectivity index (χ3v) is 7.72. The molecule has 29 heavy (non-hydrogen) atoms. The predicted molar refractivity (Wildman–Crippen MR) is 111 cm³/mol. The molecule has 1 saturated heterocycles. The normalized spacial score (nSPS) is 21.3. The summed E-state index contributed by atoms with van der Waals surface area (Å²) in [5.41, 5.74) is 2.28. The summed E-state index contributed by atoms with van der Waals surface area (Å²) >= 11 is 12.3. The molecular weight excluding hydrogens is 437 g/mol. The number of aryl methyl sites for hydroxylation is 1. The Balaban J connectivity index is 1.88. The van der Waals surface area contributed by atoms with Crippen molar-refractivity contribution in [2.45, 2.75) is 19.9 Å². The van der Waals surface area contributed by atoms with E-state index < -0.39 is 22.2 Å². The van der Waals surface area contributed by atoms with Gasteiger partial charge in [-0.2, -0.15) is 17.8 Å². The quantitative estimate of drug-likeness (QED) is 0.751. The predicted octanol–water partition coefficient (Wildman–Crippen LogP) is 2.81. The Morgan fingerprint density at radius 1 is 1.17 bits per heavy atom. The third-order valence-electron chi connectivity index (χ3n) is 5.10. The van der Waals surface area contributed by atoms with Gasteiger partial charge in [0, 0.05) is 25.4 Å². The molecule has 11 heteroatoms. The maximum absolute atomic E-state index is 13.4. The van der Waals surface area contributed by atoms with Crippen molar-refractivity contribution in [2.75, 3.05) is 25.5 Å². The number of halogens is 2. The van der Waals surface area contributed by atoms with Crippen molar-refractivity contribution >= 4 is 45.1 Å². The molecule has 1 N–H and O–H groups in total. The highest BCUT2D eigenvalue weighted by atomic mass is 35.5. The van der Waals surface area contributed by atoms with Crippen LogP contribution < -0.4 is 5.32 Å². The summed E-state index contributed by atoms with van der Waals surface area (Å²) in [4.78, 5) is 13.4. The molecule has 0 bridgehead atoms. The Hall–Kier alpha value is -2.07. The number of carbonyl (C=O) groups excluding carboxylic acids is 1. The highest BCUT2D eigenvalue weighted by molar-refractivity contribution is 7.87. The van der Waals surface area contributed by atoms with E-state index in [1.165, 1.54) is 7.05 Å². The van der Waals surface area contributed by atoms with Gasteiger partial charge in [-0.05, 0) is 31.5 Å². The van der Waals surface area contributed by atoms with E-state index in [9.17, 15) is 13.2 Å². The minimum atomic E-state index is -3.85. The zero-order valence-electron chi connectivity index (χ0n) is 16.0. The van der Waals surface area contributed by atoms with Crippen molar-refractivity contribution in [3.05, 3.63) is 56.8 Å². The molecule has 1 fully saturated rings. The van der Waals surface area contributed by atoms with Gasteiger partial charge in [0.25, 0.3) is 5.91 Å². The molecular formula is C18H19Cl2N5O3S. The van der Waals surface area contributed by atoms with Crippen LogP contribution in [0.2, 0.25) is 10.0 Å². The first-order chi connectivity index (χ1) is 13.6. The lowest BCUT2D eigenvalue weighted by atomic mass is 9.95. The van der Waals surface area contributed by atoms with Crippen LogP contribution in [0.25, 0.3) is 0 Å². The van der Waals surface area contributed by atoms with E-state index in [-0.39, 0.29) is 18.7 Å². The van der Waals surface area contributed by atoms with E-state index in [0.717, 1.165) is 14.3 Å². The minimum Gasteiger partial charge on any atom is -0.344 e. The molecule has 1 amide bonds. The second-order valence-electron chi connectivity index (χ2n) is 7.06. The van der Waals surface area contributed by atoms with Crippen LogP contribution in [-0.2, 0) is 15.0 Å². The highest BCUT2D eigenvalue weighted by Crippen LogP contribution is 2.39. The Morgan fingerprint density at radius 3 is 2.52 bits per heavy atom. The van der Waals surface area contributed by atoms with Crippen LogP contribution in [0.4, 0.5) is 5.82 Å². The number of allylic oxidation sites excluding steroid dienone is 1. The van der Waals surface area contributed by atoms with Crippen LogP contribution in [-0.4, -0.2) is 52.9 Å². The summed E-state index contributed by atoms with van der Waals surface area (Å²) in [5, 5.41) is 8.41. The first-order valence-corrected chi connectivity index (χ1v) is 11.0. The molecule has 0 aliphatic carbocycles. The molecule has 4 rings (SSSR count). The molecule has 8 nitrogen and oxygen atoms in total. The van der Waals surface area contributed by atoms with Gasteiger partial charge in [-0.25, -0.2) is 8.99 Å². The van der Waals surface area contributed by atoms with Gasteiger partial charge in [-0.1, -0.05) is 29.3 Å². The third kappa shape index (κ3) is 3.22. The van der Waals surface area contributed by atoms with E-state index in [4.69, 9.17) is 23.2 Å². The lowest BCUT2D eigenvalue weighted by molar-refractivity contribution is -0.122. The van der Waals surface area contributed by atoms with Gasteiger partial charge in [0.2, 0.25) is 0 Å². The molecule has 1 aromatic heterocycles. The maximum Gasteiger partial charge on any atom is 0.306 e. The van der Waals surface area contributed by atoms with Crippen molar-refractivity contribution in [2.24, 2.45) is 0 Å². The zero-order chi connectivity index (χ0) is 21.1. The highest BCUT2D eigenvalue weighted by Gasteiger charge is 2.43. The molecule has 1 atom stereocenters. The average molecular weight is 456 g/mol. The largest absolute Gasteiger partial charge is 0.344 e. The molecule has 0 saturated carbocycles. The number of anilines is 1. The number of likely N-dealkylation sites (N-methyl/N-ethyl adjacent to an activating group) is 1. The van der Waals surface area contributed by atoms with Crippen molar-refractivity contribution in [3.63, 3.8) is 0 Å². The Morgan fingerprint density at radius 2 is 1.90 bits per heavy atom. The SMILES string of the molecule is CC1=C(C(=O)N2CCN(C)S2(=O)=O)C(c2ccc(Cl)c(Cl)c2)n2nc(C)cc2N1. The molecule has 0 radical (unpaired) electrons.